The zero-order valence-electron chi connectivity index (χ0n) is 22.7. The molecule has 0 aliphatic carbocycles. The summed E-state index contributed by atoms with van der Waals surface area (Å²) < 4.78 is 5.74. The lowest BCUT2D eigenvalue weighted by atomic mass is 10.0. The van der Waals surface area contributed by atoms with Crippen LogP contribution in [0.1, 0.15) is 140 Å². The van der Waals surface area contributed by atoms with Gasteiger partial charge in [-0.2, -0.15) is 0 Å². The Morgan fingerprint density at radius 3 is 1.66 bits per heavy atom. The first-order chi connectivity index (χ1) is 17.2. The summed E-state index contributed by atoms with van der Waals surface area (Å²) in [5, 5.41) is 6.33. The molecule has 0 aliphatic heterocycles. The maximum Gasteiger partial charge on any atom is 0.257 e. The van der Waals surface area contributed by atoms with Crippen LogP contribution in [-0.2, 0) is 0 Å². The molecule has 0 aromatic heterocycles. The van der Waals surface area contributed by atoms with Crippen molar-refractivity contribution in [3.8, 4) is 5.75 Å². The molecule has 35 heavy (non-hydrogen) atoms. The molecule has 0 fully saturated rings. The molecule has 1 rings (SSSR count). The van der Waals surface area contributed by atoms with Crippen molar-refractivity contribution in [1.82, 2.24) is 10.6 Å². The molecule has 0 atom stereocenters. The lowest BCUT2D eigenvalue weighted by molar-refractivity contribution is 0.0976. The van der Waals surface area contributed by atoms with Gasteiger partial charge in [-0.25, -0.2) is 0 Å². The van der Waals surface area contributed by atoms with Crippen LogP contribution in [0.25, 0.3) is 0 Å². The van der Waals surface area contributed by atoms with E-state index in [1.54, 1.807) is 12.1 Å². The topological polar surface area (TPSA) is 50.4 Å². The van der Waals surface area contributed by atoms with E-state index < -0.39 is 0 Å². The van der Waals surface area contributed by atoms with Gasteiger partial charge in [0.2, 0.25) is 0 Å². The number of hydrogen-bond donors (Lipinski definition) is 2. The molecule has 0 saturated heterocycles. The number of ether oxygens (including phenoxy) is 1. The third kappa shape index (κ3) is 18.3. The molecule has 0 heterocycles. The summed E-state index contributed by atoms with van der Waals surface area (Å²) in [6.45, 7) is 6.01. The predicted molar refractivity (Wildman–Crippen MR) is 154 cm³/mol. The number of rotatable bonds is 22. The van der Waals surface area contributed by atoms with Crippen molar-refractivity contribution in [3.05, 3.63) is 29.8 Å². The molecular weight excluding hydrogens is 452 g/mol. The highest BCUT2D eigenvalue weighted by Crippen LogP contribution is 2.14. The quantitative estimate of drug-likeness (QED) is 0.122. The second-order valence-corrected chi connectivity index (χ2v) is 10.1. The maximum absolute atomic E-state index is 12.4. The normalized spacial score (nSPS) is 10.8. The minimum atomic E-state index is -0.182. The van der Waals surface area contributed by atoms with E-state index >= 15 is 0 Å². The van der Waals surface area contributed by atoms with Gasteiger partial charge >= 0.3 is 0 Å². The van der Waals surface area contributed by atoms with E-state index in [1.165, 1.54) is 103 Å². The largest absolute Gasteiger partial charge is 0.494 e. The summed E-state index contributed by atoms with van der Waals surface area (Å²) in [5.74, 6) is 0.620. The molecule has 0 bridgehead atoms. The smallest absolute Gasteiger partial charge is 0.257 e. The van der Waals surface area contributed by atoms with Crippen molar-refractivity contribution in [2.24, 2.45) is 0 Å². The summed E-state index contributed by atoms with van der Waals surface area (Å²) in [7, 11) is 0. The average Bonchev–Trinajstić information content (AvgIpc) is 2.86. The van der Waals surface area contributed by atoms with Gasteiger partial charge in [-0.3, -0.25) is 10.1 Å². The first-order valence-electron chi connectivity index (χ1n) is 14.5. The van der Waals surface area contributed by atoms with Crippen molar-refractivity contribution in [2.75, 3.05) is 13.2 Å². The number of hydrogen-bond acceptors (Lipinski definition) is 3. The molecule has 1 aromatic carbocycles. The number of benzene rings is 1. The number of carbonyl (C=O) groups excluding carboxylic acids is 1. The second-order valence-electron chi connectivity index (χ2n) is 9.74. The van der Waals surface area contributed by atoms with Crippen LogP contribution in [-0.4, -0.2) is 24.2 Å². The van der Waals surface area contributed by atoms with Crippen LogP contribution in [0.3, 0.4) is 0 Å². The zero-order valence-corrected chi connectivity index (χ0v) is 23.5. The number of thiocarbonyl (C=S) groups is 1. The Bertz CT molecular complexity index is 648. The zero-order chi connectivity index (χ0) is 25.4. The highest BCUT2D eigenvalue weighted by Gasteiger charge is 2.08. The van der Waals surface area contributed by atoms with E-state index in [1.807, 2.05) is 12.1 Å². The van der Waals surface area contributed by atoms with Crippen LogP contribution in [0.4, 0.5) is 0 Å². The van der Waals surface area contributed by atoms with E-state index in [0.29, 0.717) is 10.7 Å². The lowest BCUT2D eigenvalue weighted by Crippen LogP contribution is -2.39. The molecule has 0 spiro atoms. The number of carbonyl (C=O) groups is 1. The van der Waals surface area contributed by atoms with Gasteiger partial charge in [-0.05, 0) is 49.3 Å². The molecule has 0 aliphatic rings. The third-order valence-electron chi connectivity index (χ3n) is 6.43. The van der Waals surface area contributed by atoms with Gasteiger partial charge in [0.1, 0.15) is 5.75 Å². The standard InChI is InChI=1S/C30H52N2O2S/c1-3-5-7-9-10-11-12-13-14-15-16-17-18-19-25-31-30(35)32-29(33)27-21-23-28(24-22-27)34-26-20-8-6-4-2/h21-24H,3-20,25-26H2,1-2H3,(H2,31,32,33,35). The minimum absolute atomic E-state index is 0.182. The summed E-state index contributed by atoms with van der Waals surface area (Å²) in [4.78, 5) is 12.4. The van der Waals surface area contributed by atoms with Crippen LogP contribution in [0.2, 0.25) is 0 Å². The van der Waals surface area contributed by atoms with E-state index in [0.717, 1.165) is 31.7 Å². The lowest BCUT2D eigenvalue weighted by Gasteiger charge is -2.10. The van der Waals surface area contributed by atoms with Gasteiger partial charge in [0.15, 0.2) is 5.11 Å². The van der Waals surface area contributed by atoms with Crippen molar-refractivity contribution >= 4 is 23.2 Å². The third-order valence-corrected chi connectivity index (χ3v) is 6.67. The maximum atomic E-state index is 12.4. The molecule has 4 nitrogen and oxygen atoms in total. The van der Waals surface area contributed by atoms with Gasteiger partial charge in [-0.1, -0.05) is 117 Å². The average molecular weight is 505 g/mol. The highest BCUT2D eigenvalue weighted by molar-refractivity contribution is 7.80. The van der Waals surface area contributed by atoms with E-state index in [-0.39, 0.29) is 5.91 Å². The SMILES string of the molecule is CCCCCCCCCCCCCCCCNC(=S)NC(=O)c1ccc(OCCCCCC)cc1. The monoisotopic (exact) mass is 504 g/mol. The van der Waals surface area contributed by atoms with Crippen molar-refractivity contribution in [2.45, 2.75) is 129 Å². The molecule has 200 valence electrons. The van der Waals surface area contributed by atoms with Crippen LogP contribution >= 0.6 is 12.2 Å². The molecule has 1 amide bonds. The van der Waals surface area contributed by atoms with Crippen LogP contribution < -0.4 is 15.4 Å². The molecule has 1 aromatic rings. The van der Waals surface area contributed by atoms with E-state index in [4.69, 9.17) is 17.0 Å². The first kappa shape index (κ1) is 31.4. The molecule has 2 N–H and O–H groups in total. The van der Waals surface area contributed by atoms with Gasteiger partial charge < -0.3 is 10.1 Å². The summed E-state index contributed by atoms with van der Waals surface area (Å²) in [6, 6.07) is 7.26. The van der Waals surface area contributed by atoms with Gasteiger partial charge in [-0.15, -0.1) is 0 Å². The van der Waals surface area contributed by atoms with Gasteiger partial charge in [0.05, 0.1) is 6.61 Å². The summed E-state index contributed by atoms with van der Waals surface area (Å²) >= 11 is 5.28. The first-order valence-corrected chi connectivity index (χ1v) is 14.9. The molecule has 5 heteroatoms. The molecule has 0 saturated carbocycles. The fourth-order valence-electron chi connectivity index (χ4n) is 4.16. The Balaban J connectivity index is 1.97. The fraction of sp³-hybridized carbons (Fsp3) is 0.733. The molecular formula is C30H52N2O2S. The Morgan fingerprint density at radius 1 is 0.686 bits per heavy atom. The summed E-state index contributed by atoms with van der Waals surface area (Å²) in [5.41, 5.74) is 0.587. The Labute approximate surface area is 221 Å². The van der Waals surface area contributed by atoms with Crippen molar-refractivity contribution < 1.29 is 9.53 Å². The Kier molecular flexibility index (Phi) is 20.5. The van der Waals surface area contributed by atoms with Crippen molar-refractivity contribution in [1.29, 1.82) is 0 Å². The second kappa shape index (κ2) is 22.8. The van der Waals surface area contributed by atoms with Crippen LogP contribution in [0.15, 0.2) is 24.3 Å². The summed E-state index contributed by atoms with van der Waals surface area (Å²) in [6.07, 6.45) is 23.6. The molecule has 0 unspecified atom stereocenters. The van der Waals surface area contributed by atoms with E-state index in [2.05, 4.69) is 24.5 Å². The number of nitrogens with one attached hydrogen (secondary N) is 2. The minimum Gasteiger partial charge on any atom is -0.494 e. The fourth-order valence-corrected chi connectivity index (χ4v) is 4.36. The van der Waals surface area contributed by atoms with Crippen molar-refractivity contribution in [3.63, 3.8) is 0 Å². The van der Waals surface area contributed by atoms with Gasteiger partial charge in [0.25, 0.3) is 5.91 Å². The highest BCUT2D eigenvalue weighted by atomic mass is 32.1. The molecule has 0 radical (unpaired) electrons. The number of amides is 1. The Morgan fingerprint density at radius 2 is 1.14 bits per heavy atom. The predicted octanol–water partition coefficient (Wildman–Crippen LogP) is 8.73. The Hall–Kier alpha value is -1.62. The van der Waals surface area contributed by atoms with Crippen LogP contribution in [0.5, 0.6) is 5.75 Å². The van der Waals surface area contributed by atoms with Gasteiger partial charge in [0, 0.05) is 12.1 Å². The number of unbranched alkanes of at least 4 members (excludes halogenated alkanes) is 16. The van der Waals surface area contributed by atoms with Crippen LogP contribution in [0, 0.1) is 0 Å². The van der Waals surface area contributed by atoms with E-state index in [9.17, 15) is 4.79 Å².